The number of urea groups is 1. The molecule has 0 bridgehead atoms. The highest BCUT2D eigenvalue weighted by Crippen LogP contribution is 2.29. The normalized spacial score (nSPS) is 23.9. The number of nitrogens with one attached hydrogen (secondary N) is 2. The van der Waals surface area contributed by atoms with E-state index in [0.717, 1.165) is 37.9 Å². The van der Waals surface area contributed by atoms with E-state index < -0.39 is 5.97 Å². The van der Waals surface area contributed by atoms with Crippen molar-refractivity contribution in [3.63, 3.8) is 0 Å². The summed E-state index contributed by atoms with van der Waals surface area (Å²) in [5.74, 6) is 0.0437. The number of hydrogen-bond donors (Lipinski definition) is 3. The molecule has 0 aromatic carbocycles. The van der Waals surface area contributed by atoms with Gasteiger partial charge in [0.05, 0.1) is 5.92 Å². The number of aliphatic carboxylic acids is 1. The number of rotatable bonds is 7. The van der Waals surface area contributed by atoms with E-state index >= 15 is 0 Å². The average molecular weight is 302 g/mol. The maximum atomic E-state index is 11.8. The molecule has 1 rings (SSSR count). The van der Waals surface area contributed by atoms with Gasteiger partial charge in [0.2, 0.25) is 0 Å². The minimum Gasteiger partial charge on any atom is -0.481 e. The van der Waals surface area contributed by atoms with Crippen LogP contribution < -0.4 is 10.6 Å². The Balaban J connectivity index is 2.30. The summed E-state index contributed by atoms with van der Waals surface area (Å²) in [6.45, 7) is 2.44. The Morgan fingerprint density at radius 2 is 2.05 bits per heavy atom. The SMILES string of the molecule is CSCCC(C)NC(=O)NCC1CCCCC1C(=O)O. The van der Waals surface area contributed by atoms with Crippen molar-refractivity contribution in [1.82, 2.24) is 10.6 Å². The molecule has 5 nitrogen and oxygen atoms in total. The van der Waals surface area contributed by atoms with Crippen LogP contribution in [-0.2, 0) is 4.79 Å². The molecule has 2 amide bonds. The summed E-state index contributed by atoms with van der Waals surface area (Å²) < 4.78 is 0. The second-order valence-electron chi connectivity index (χ2n) is 5.53. The van der Waals surface area contributed by atoms with E-state index in [1.165, 1.54) is 0 Å². The Morgan fingerprint density at radius 1 is 1.35 bits per heavy atom. The maximum absolute atomic E-state index is 11.8. The highest BCUT2D eigenvalue weighted by Gasteiger charge is 2.30. The van der Waals surface area contributed by atoms with Crippen LogP contribution in [0.3, 0.4) is 0 Å². The van der Waals surface area contributed by atoms with Crippen LogP contribution in [0.25, 0.3) is 0 Å². The standard InChI is InChI=1S/C14H26N2O3S/c1-10(7-8-20-2)16-14(19)15-9-11-5-3-4-6-12(11)13(17)18/h10-12H,3-9H2,1-2H3,(H,17,18)(H2,15,16,19). The zero-order valence-corrected chi connectivity index (χ0v) is 13.2. The quantitative estimate of drug-likeness (QED) is 0.674. The molecule has 1 aliphatic rings. The lowest BCUT2D eigenvalue weighted by Gasteiger charge is -2.28. The van der Waals surface area contributed by atoms with Gasteiger partial charge in [-0.2, -0.15) is 11.8 Å². The van der Waals surface area contributed by atoms with Gasteiger partial charge >= 0.3 is 12.0 Å². The molecule has 1 saturated carbocycles. The Kier molecular flexibility index (Phi) is 7.80. The molecule has 0 saturated heterocycles. The number of thioether (sulfide) groups is 1. The zero-order valence-electron chi connectivity index (χ0n) is 12.4. The van der Waals surface area contributed by atoms with Gasteiger partial charge in [-0.1, -0.05) is 12.8 Å². The molecule has 1 aliphatic carbocycles. The summed E-state index contributed by atoms with van der Waals surface area (Å²) in [5, 5.41) is 14.9. The summed E-state index contributed by atoms with van der Waals surface area (Å²) in [6.07, 6.45) is 6.64. The second-order valence-corrected chi connectivity index (χ2v) is 6.51. The van der Waals surface area contributed by atoms with Gasteiger partial charge in [0.15, 0.2) is 0 Å². The van der Waals surface area contributed by atoms with Gasteiger partial charge in [0.1, 0.15) is 0 Å². The third kappa shape index (κ3) is 6.03. The van der Waals surface area contributed by atoms with Crippen molar-refractivity contribution in [2.24, 2.45) is 11.8 Å². The predicted molar refractivity (Wildman–Crippen MR) is 82.1 cm³/mol. The summed E-state index contributed by atoms with van der Waals surface area (Å²) in [6, 6.07) is -0.0441. The van der Waals surface area contributed by atoms with Gasteiger partial charge in [-0.25, -0.2) is 4.79 Å². The first-order chi connectivity index (χ1) is 9.54. The van der Waals surface area contributed by atoms with Crippen molar-refractivity contribution in [1.29, 1.82) is 0 Å². The number of carbonyl (C=O) groups excluding carboxylic acids is 1. The maximum Gasteiger partial charge on any atom is 0.315 e. The van der Waals surface area contributed by atoms with Crippen molar-refractivity contribution in [2.75, 3.05) is 18.6 Å². The third-order valence-electron chi connectivity index (χ3n) is 3.88. The highest BCUT2D eigenvalue weighted by atomic mass is 32.2. The van der Waals surface area contributed by atoms with E-state index in [9.17, 15) is 14.7 Å². The monoisotopic (exact) mass is 302 g/mol. The Labute approximate surface area is 125 Å². The molecule has 0 aromatic rings. The molecule has 0 radical (unpaired) electrons. The van der Waals surface area contributed by atoms with Crippen LogP contribution in [0, 0.1) is 11.8 Å². The minimum atomic E-state index is -0.731. The predicted octanol–water partition coefficient (Wildman–Crippen LogP) is 2.32. The van der Waals surface area contributed by atoms with E-state index in [0.29, 0.717) is 6.54 Å². The molecule has 116 valence electrons. The van der Waals surface area contributed by atoms with Gasteiger partial charge in [-0.05, 0) is 44.1 Å². The van der Waals surface area contributed by atoms with Crippen LogP contribution in [0.5, 0.6) is 0 Å². The fourth-order valence-corrected chi connectivity index (χ4v) is 3.23. The molecular formula is C14H26N2O3S. The minimum absolute atomic E-state index is 0.0634. The van der Waals surface area contributed by atoms with E-state index in [-0.39, 0.29) is 23.9 Å². The molecule has 0 spiro atoms. The smallest absolute Gasteiger partial charge is 0.315 e. The molecule has 0 aromatic heterocycles. The van der Waals surface area contributed by atoms with Crippen LogP contribution in [0.15, 0.2) is 0 Å². The topological polar surface area (TPSA) is 78.4 Å². The van der Waals surface area contributed by atoms with Crippen molar-refractivity contribution < 1.29 is 14.7 Å². The van der Waals surface area contributed by atoms with E-state index in [4.69, 9.17) is 0 Å². The number of hydrogen-bond acceptors (Lipinski definition) is 3. The Hall–Kier alpha value is -0.910. The number of carboxylic acid groups (broad SMARTS) is 1. The first-order valence-electron chi connectivity index (χ1n) is 7.30. The number of amides is 2. The van der Waals surface area contributed by atoms with E-state index in [2.05, 4.69) is 10.6 Å². The Bertz CT molecular complexity index is 326. The van der Waals surface area contributed by atoms with Gasteiger partial charge in [-0.3, -0.25) is 4.79 Å². The van der Waals surface area contributed by atoms with Crippen LogP contribution in [0.1, 0.15) is 39.0 Å². The molecule has 0 heterocycles. The molecule has 1 fully saturated rings. The lowest BCUT2D eigenvalue weighted by Crippen LogP contribution is -2.44. The Morgan fingerprint density at radius 3 is 2.70 bits per heavy atom. The van der Waals surface area contributed by atoms with Gasteiger partial charge in [-0.15, -0.1) is 0 Å². The lowest BCUT2D eigenvalue weighted by atomic mass is 9.79. The fourth-order valence-electron chi connectivity index (χ4n) is 2.64. The molecule has 0 aliphatic heterocycles. The average Bonchev–Trinajstić information content (AvgIpc) is 2.43. The molecule has 6 heteroatoms. The second kappa shape index (κ2) is 9.10. The molecule has 3 unspecified atom stereocenters. The van der Waals surface area contributed by atoms with Crippen LogP contribution in [-0.4, -0.2) is 41.7 Å². The molecule has 3 N–H and O–H groups in total. The van der Waals surface area contributed by atoms with E-state index in [1.807, 2.05) is 13.2 Å². The van der Waals surface area contributed by atoms with Crippen LogP contribution in [0.2, 0.25) is 0 Å². The van der Waals surface area contributed by atoms with Crippen molar-refractivity contribution in [3.8, 4) is 0 Å². The largest absolute Gasteiger partial charge is 0.481 e. The number of carbonyl (C=O) groups is 2. The summed E-state index contributed by atoms with van der Waals surface area (Å²) in [4.78, 5) is 22.9. The first kappa shape index (κ1) is 17.1. The lowest BCUT2D eigenvalue weighted by molar-refractivity contribution is -0.144. The zero-order chi connectivity index (χ0) is 15.0. The first-order valence-corrected chi connectivity index (χ1v) is 8.70. The fraction of sp³-hybridized carbons (Fsp3) is 0.857. The van der Waals surface area contributed by atoms with Crippen molar-refractivity contribution in [2.45, 2.75) is 45.1 Å². The van der Waals surface area contributed by atoms with Crippen molar-refractivity contribution >= 4 is 23.8 Å². The van der Waals surface area contributed by atoms with Crippen LogP contribution in [0.4, 0.5) is 4.79 Å². The summed E-state index contributed by atoms with van der Waals surface area (Å²) in [7, 11) is 0. The number of carboxylic acids is 1. The van der Waals surface area contributed by atoms with Gasteiger partial charge in [0, 0.05) is 12.6 Å². The highest BCUT2D eigenvalue weighted by molar-refractivity contribution is 7.98. The van der Waals surface area contributed by atoms with Crippen LogP contribution >= 0.6 is 11.8 Å². The van der Waals surface area contributed by atoms with Crippen molar-refractivity contribution in [3.05, 3.63) is 0 Å². The van der Waals surface area contributed by atoms with Gasteiger partial charge in [0.25, 0.3) is 0 Å². The third-order valence-corrected chi connectivity index (χ3v) is 4.53. The summed E-state index contributed by atoms with van der Waals surface area (Å²) >= 11 is 1.76. The van der Waals surface area contributed by atoms with E-state index in [1.54, 1.807) is 11.8 Å². The van der Waals surface area contributed by atoms with Gasteiger partial charge < -0.3 is 15.7 Å². The molecule has 20 heavy (non-hydrogen) atoms. The summed E-state index contributed by atoms with van der Waals surface area (Å²) in [5.41, 5.74) is 0. The molecular weight excluding hydrogens is 276 g/mol. The molecule has 3 atom stereocenters.